The Morgan fingerprint density at radius 3 is 2.15 bits per heavy atom. The molecular formula is C19H21NO6. The molecule has 0 N–H and O–H groups in total. The second-order valence-electron chi connectivity index (χ2n) is 5.77. The largest absolute Gasteiger partial charge is 0.496 e. The molecule has 2 aromatic rings. The first-order valence-corrected chi connectivity index (χ1v) is 7.94. The summed E-state index contributed by atoms with van der Waals surface area (Å²) in [6.45, 7) is 5.58. The van der Waals surface area contributed by atoms with Crippen molar-refractivity contribution >= 4 is 11.7 Å². The van der Waals surface area contributed by atoms with Crippen molar-refractivity contribution in [1.29, 1.82) is 0 Å². The van der Waals surface area contributed by atoms with Crippen molar-refractivity contribution in [3.8, 4) is 11.5 Å². The molecule has 138 valence electrons. The van der Waals surface area contributed by atoms with Gasteiger partial charge in [-0.3, -0.25) is 10.1 Å². The molecule has 26 heavy (non-hydrogen) atoms. The third-order valence-corrected chi connectivity index (χ3v) is 4.39. The highest BCUT2D eigenvalue weighted by atomic mass is 16.6. The van der Waals surface area contributed by atoms with Crippen molar-refractivity contribution in [1.82, 2.24) is 0 Å². The van der Waals surface area contributed by atoms with Crippen molar-refractivity contribution in [2.45, 2.75) is 27.4 Å². The Kier molecular flexibility index (Phi) is 5.82. The van der Waals surface area contributed by atoms with E-state index >= 15 is 0 Å². The number of carbonyl (C=O) groups excluding carboxylic acids is 1. The van der Waals surface area contributed by atoms with Crippen LogP contribution in [0.5, 0.6) is 11.5 Å². The van der Waals surface area contributed by atoms with Gasteiger partial charge in [-0.2, -0.15) is 0 Å². The van der Waals surface area contributed by atoms with Gasteiger partial charge in [0.15, 0.2) is 0 Å². The molecule has 0 spiro atoms. The molecule has 0 atom stereocenters. The summed E-state index contributed by atoms with van der Waals surface area (Å²) in [6, 6.07) is 5.68. The van der Waals surface area contributed by atoms with Gasteiger partial charge in [0.2, 0.25) is 0 Å². The van der Waals surface area contributed by atoms with Crippen molar-refractivity contribution < 1.29 is 23.9 Å². The molecule has 0 aliphatic heterocycles. The normalized spacial score (nSPS) is 10.3. The fourth-order valence-electron chi connectivity index (χ4n) is 2.93. The molecule has 2 aromatic carbocycles. The summed E-state index contributed by atoms with van der Waals surface area (Å²) in [5.74, 6) is 0.534. The third kappa shape index (κ3) is 3.46. The molecule has 0 bridgehead atoms. The van der Waals surface area contributed by atoms with Crippen LogP contribution in [0, 0.1) is 30.9 Å². The average molecular weight is 359 g/mol. The minimum Gasteiger partial charge on any atom is -0.496 e. The van der Waals surface area contributed by atoms with E-state index < -0.39 is 10.9 Å². The zero-order valence-corrected chi connectivity index (χ0v) is 15.4. The number of ether oxygens (including phenoxy) is 3. The molecule has 7 heteroatoms. The van der Waals surface area contributed by atoms with Gasteiger partial charge in [0, 0.05) is 17.2 Å². The van der Waals surface area contributed by atoms with Gasteiger partial charge in [-0.15, -0.1) is 0 Å². The average Bonchev–Trinajstić information content (AvgIpc) is 2.63. The van der Waals surface area contributed by atoms with Crippen molar-refractivity contribution in [3.63, 3.8) is 0 Å². The standard InChI is InChI=1S/C19H21NO6/c1-11-12(2)18(25-5)15(13(3)17(11)24-4)10-26-19(21)14-8-6-7-9-16(14)20(22)23/h6-9H,10H2,1-5H3. The van der Waals surface area contributed by atoms with Crippen LogP contribution in [0.1, 0.15) is 32.6 Å². The lowest BCUT2D eigenvalue weighted by atomic mass is 9.97. The predicted octanol–water partition coefficient (Wildman–Crippen LogP) is 3.89. The van der Waals surface area contributed by atoms with E-state index in [9.17, 15) is 14.9 Å². The van der Waals surface area contributed by atoms with Gasteiger partial charge in [-0.25, -0.2) is 4.79 Å². The summed E-state index contributed by atoms with van der Waals surface area (Å²) in [7, 11) is 3.12. The molecule has 0 heterocycles. The Labute approximate surface area is 151 Å². The van der Waals surface area contributed by atoms with Crippen LogP contribution in [-0.2, 0) is 11.3 Å². The van der Waals surface area contributed by atoms with E-state index in [2.05, 4.69) is 0 Å². The molecule has 0 aromatic heterocycles. The monoisotopic (exact) mass is 359 g/mol. The highest BCUT2D eigenvalue weighted by Gasteiger charge is 2.23. The van der Waals surface area contributed by atoms with Crippen LogP contribution in [0.15, 0.2) is 24.3 Å². The summed E-state index contributed by atoms with van der Waals surface area (Å²) in [6.07, 6.45) is 0. The Balaban J connectivity index is 2.37. The molecule has 2 rings (SSSR count). The van der Waals surface area contributed by atoms with Crippen molar-refractivity contribution in [3.05, 3.63) is 62.2 Å². The molecule has 0 saturated carbocycles. The van der Waals surface area contributed by atoms with Crippen molar-refractivity contribution in [2.24, 2.45) is 0 Å². The van der Waals surface area contributed by atoms with Crippen molar-refractivity contribution in [2.75, 3.05) is 14.2 Å². The van der Waals surface area contributed by atoms with Crippen LogP contribution < -0.4 is 9.47 Å². The quantitative estimate of drug-likeness (QED) is 0.442. The lowest BCUT2D eigenvalue weighted by Crippen LogP contribution is -2.11. The predicted molar refractivity (Wildman–Crippen MR) is 96.0 cm³/mol. The summed E-state index contributed by atoms with van der Waals surface area (Å²) >= 11 is 0. The first kappa shape index (κ1) is 19.2. The summed E-state index contributed by atoms with van der Waals surface area (Å²) in [5.41, 5.74) is 2.90. The van der Waals surface area contributed by atoms with E-state index in [-0.39, 0.29) is 17.9 Å². The number of nitro benzene ring substituents is 1. The molecule has 0 radical (unpaired) electrons. The number of hydrogen-bond acceptors (Lipinski definition) is 6. The lowest BCUT2D eigenvalue weighted by Gasteiger charge is -2.20. The smallest absolute Gasteiger partial charge is 0.345 e. The maximum atomic E-state index is 12.4. The van der Waals surface area contributed by atoms with Gasteiger partial charge in [0.25, 0.3) is 5.69 Å². The van der Waals surface area contributed by atoms with E-state index in [0.29, 0.717) is 17.1 Å². The van der Waals surface area contributed by atoms with E-state index in [1.807, 2.05) is 20.8 Å². The Bertz CT molecular complexity index is 860. The van der Waals surface area contributed by atoms with Crippen LogP contribution >= 0.6 is 0 Å². The number of rotatable bonds is 6. The first-order valence-electron chi connectivity index (χ1n) is 7.94. The molecule has 0 saturated heterocycles. The topological polar surface area (TPSA) is 87.9 Å². The second kappa shape index (κ2) is 7.86. The highest BCUT2D eigenvalue weighted by molar-refractivity contribution is 5.93. The minimum atomic E-state index is -0.768. The number of esters is 1. The number of nitrogens with zero attached hydrogens (tertiary/aromatic N) is 1. The summed E-state index contributed by atoms with van der Waals surface area (Å²) in [4.78, 5) is 22.8. The number of methoxy groups -OCH3 is 2. The van der Waals surface area contributed by atoms with E-state index in [0.717, 1.165) is 16.7 Å². The van der Waals surface area contributed by atoms with Gasteiger partial charge in [0.1, 0.15) is 23.7 Å². The molecule has 7 nitrogen and oxygen atoms in total. The van der Waals surface area contributed by atoms with Gasteiger partial charge in [-0.1, -0.05) is 12.1 Å². The van der Waals surface area contributed by atoms with Gasteiger partial charge in [-0.05, 0) is 38.0 Å². The van der Waals surface area contributed by atoms with E-state index in [1.165, 1.54) is 18.2 Å². The zero-order chi connectivity index (χ0) is 19.4. The Hall–Kier alpha value is -3.09. The van der Waals surface area contributed by atoms with Gasteiger partial charge in [0.05, 0.1) is 19.1 Å². The minimum absolute atomic E-state index is 0.0859. The lowest BCUT2D eigenvalue weighted by molar-refractivity contribution is -0.385. The molecular weight excluding hydrogens is 338 g/mol. The number of benzene rings is 2. The second-order valence-corrected chi connectivity index (χ2v) is 5.77. The van der Waals surface area contributed by atoms with Gasteiger partial charge < -0.3 is 14.2 Å². The fourth-order valence-corrected chi connectivity index (χ4v) is 2.93. The molecule has 0 aliphatic carbocycles. The van der Waals surface area contributed by atoms with E-state index in [4.69, 9.17) is 14.2 Å². The van der Waals surface area contributed by atoms with Crippen LogP contribution in [0.3, 0.4) is 0 Å². The SMILES string of the molecule is COc1c(C)c(C)c(OC)c(COC(=O)c2ccccc2[N+](=O)[O-])c1C. The molecule has 0 fully saturated rings. The highest BCUT2D eigenvalue weighted by Crippen LogP contribution is 2.38. The first-order chi connectivity index (χ1) is 12.3. The third-order valence-electron chi connectivity index (χ3n) is 4.39. The number of para-hydroxylation sites is 1. The number of hydrogen-bond donors (Lipinski definition) is 0. The molecule has 0 aliphatic rings. The summed E-state index contributed by atoms with van der Waals surface area (Å²) in [5, 5.41) is 11.1. The van der Waals surface area contributed by atoms with Crippen LogP contribution in [-0.4, -0.2) is 25.1 Å². The van der Waals surface area contributed by atoms with Gasteiger partial charge >= 0.3 is 5.97 Å². The summed E-state index contributed by atoms with van der Waals surface area (Å²) < 4.78 is 16.3. The maximum absolute atomic E-state index is 12.4. The number of nitro groups is 1. The van der Waals surface area contributed by atoms with Crippen LogP contribution in [0.25, 0.3) is 0 Å². The fraction of sp³-hybridized carbons (Fsp3) is 0.316. The zero-order valence-electron chi connectivity index (χ0n) is 15.4. The molecule has 0 unspecified atom stereocenters. The Morgan fingerprint density at radius 1 is 1.00 bits per heavy atom. The van der Waals surface area contributed by atoms with Crippen LogP contribution in [0.2, 0.25) is 0 Å². The van der Waals surface area contributed by atoms with Crippen LogP contribution in [0.4, 0.5) is 5.69 Å². The number of carbonyl (C=O) groups is 1. The van der Waals surface area contributed by atoms with E-state index in [1.54, 1.807) is 20.3 Å². The maximum Gasteiger partial charge on any atom is 0.345 e. The Morgan fingerprint density at radius 2 is 1.58 bits per heavy atom. The molecule has 0 amide bonds.